The van der Waals surface area contributed by atoms with Crippen LogP contribution in [0.4, 0.5) is 4.39 Å². The van der Waals surface area contributed by atoms with Gasteiger partial charge in [0.15, 0.2) is 0 Å². The zero-order valence-corrected chi connectivity index (χ0v) is 18.9. The molecule has 4 rings (SSSR count). The Balaban J connectivity index is 1.58. The predicted octanol–water partition coefficient (Wildman–Crippen LogP) is 5.66. The third-order valence-electron chi connectivity index (χ3n) is 7.39. The van der Waals surface area contributed by atoms with Crippen molar-refractivity contribution >= 4 is 35.0 Å². The Morgan fingerprint density at radius 2 is 1.87 bits per heavy atom. The highest BCUT2D eigenvalue weighted by Crippen LogP contribution is 2.50. The monoisotopic (exact) mass is 454 g/mol. The Kier molecular flexibility index (Phi) is 6.32. The van der Waals surface area contributed by atoms with E-state index in [4.69, 9.17) is 23.2 Å². The first-order chi connectivity index (χ1) is 14.3. The summed E-state index contributed by atoms with van der Waals surface area (Å²) in [7, 11) is 0. The molecule has 2 atom stereocenters. The van der Waals surface area contributed by atoms with Gasteiger partial charge in [0, 0.05) is 24.6 Å². The van der Waals surface area contributed by atoms with Crippen LogP contribution in [0.2, 0.25) is 10.0 Å². The number of nitrogens with one attached hydrogen (secondary N) is 1. The van der Waals surface area contributed by atoms with Crippen LogP contribution in [0.1, 0.15) is 76.3 Å². The van der Waals surface area contributed by atoms with Crippen molar-refractivity contribution in [3.63, 3.8) is 0 Å². The number of likely N-dealkylation sites (tertiary alicyclic amines) is 1. The van der Waals surface area contributed by atoms with Gasteiger partial charge in [-0.3, -0.25) is 9.59 Å². The number of carbonyl (C=O) groups is 2. The van der Waals surface area contributed by atoms with Gasteiger partial charge in [0.1, 0.15) is 5.82 Å². The van der Waals surface area contributed by atoms with Gasteiger partial charge in [-0.1, -0.05) is 55.8 Å². The molecule has 0 spiro atoms. The molecule has 1 aromatic carbocycles. The van der Waals surface area contributed by atoms with E-state index in [1.807, 2.05) is 4.90 Å². The van der Waals surface area contributed by atoms with Crippen LogP contribution in [0, 0.1) is 17.2 Å². The molecule has 1 aliphatic heterocycles. The molecule has 1 aromatic rings. The van der Waals surface area contributed by atoms with E-state index < -0.39 is 17.8 Å². The van der Waals surface area contributed by atoms with Gasteiger partial charge in [0.05, 0.1) is 22.0 Å². The quantitative estimate of drug-likeness (QED) is 0.583. The molecule has 0 bridgehead atoms. The first kappa shape index (κ1) is 21.9. The van der Waals surface area contributed by atoms with E-state index in [0.717, 1.165) is 51.4 Å². The summed E-state index contributed by atoms with van der Waals surface area (Å²) in [4.78, 5) is 27.7. The van der Waals surface area contributed by atoms with Crippen LogP contribution in [0.25, 0.3) is 0 Å². The Hall–Kier alpha value is -1.33. The summed E-state index contributed by atoms with van der Waals surface area (Å²) in [5, 5.41) is 3.53. The van der Waals surface area contributed by atoms with Crippen LogP contribution in [0.3, 0.4) is 0 Å². The fourth-order valence-corrected chi connectivity index (χ4v) is 6.04. The van der Waals surface area contributed by atoms with E-state index >= 15 is 0 Å². The maximum absolute atomic E-state index is 14.9. The van der Waals surface area contributed by atoms with E-state index in [2.05, 4.69) is 12.2 Å². The van der Waals surface area contributed by atoms with E-state index in [0.29, 0.717) is 6.54 Å². The zero-order valence-electron chi connectivity index (χ0n) is 17.4. The topological polar surface area (TPSA) is 49.4 Å². The van der Waals surface area contributed by atoms with Gasteiger partial charge in [0.2, 0.25) is 11.8 Å². The standard InChI is InChI=1S/C23H29Cl2FN2O2/c1-23(10-4-5-11-23)21(19-17(26)9-8-16(24)20(19)25)27-22(30)14-12-18(29)28(13-14)15-6-2-3-7-15/h8-9,14-15,21H,2-7,10-13H2,1H3,(H,27,30)/t14-,21+/m0/s1. The lowest BCUT2D eigenvalue weighted by atomic mass is 9.76. The molecule has 0 radical (unpaired) electrons. The Morgan fingerprint density at radius 3 is 2.53 bits per heavy atom. The number of rotatable bonds is 5. The minimum absolute atomic E-state index is 0.0534. The van der Waals surface area contributed by atoms with Crippen molar-refractivity contribution in [2.24, 2.45) is 11.3 Å². The van der Waals surface area contributed by atoms with Crippen LogP contribution in [-0.2, 0) is 9.59 Å². The summed E-state index contributed by atoms with van der Waals surface area (Å²) in [5.41, 5.74) is -0.0441. The van der Waals surface area contributed by atoms with E-state index in [9.17, 15) is 14.0 Å². The summed E-state index contributed by atoms with van der Waals surface area (Å²) in [6.07, 6.45) is 8.33. The van der Waals surface area contributed by atoms with Gasteiger partial charge in [-0.2, -0.15) is 0 Å². The molecule has 1 N–H and O–H groups in total. The molecule has 2 saturated carbocycles. The smallest absolute Gasteiger partial charge is 0.225 e. The molecule has 3 fully saturated rings. The van der Waals surface area contributed by atoms with Crippen molar-refractivity contribution in [3.8, 4) is 0 Å². The SMILES string of the molecule is CC1([C@H](NC(=O)[C@H]2CC(=O)N(C3CCCC3)C2)c2c(F)ccc(Cl)c2Cl)CCCC1. The summed E-state index contributed by atoms with van der Waals surface area (Å²) in [6, 6.07) is 2.43. The molecule has 0 unspecified atom stereocenters. The predicted molar refractivity (Wildman–Crippen MR) is 116 cm³/mol. The highest BCUT2D eigenvalue weighted by Gasteiger charge is 2.44. The van der Waals surface area contributed by atoms with Crippen LogP contribution >= 0.6 is 23.2 Å². The number of carbonyl (C=O) groups excluding carboxylic acids is 2. The summed E-state index contributed by atoms with van der Waals surface area (Å²) in [6.45, 7) is 2.52. The molecule has 164 valence electrons. The van der Waals surface area contributed by atoms with Crippen molar-refractivity contribution < 1.29 is 14.0 Å². The second-order valence-corrected chi connectivity index (χ2v) is 10.2. The minimum Gasteiger partial charge on any atom is -0.348 e. The molecule has 4 nitrogen and oxygen atoms in total. The van der Waals surface area contributed by atoms with E-state index in [1.54, 1.807) is 0 Å². The van der Waals surface area contributed by atoms with Gasteiger partial charge in [-0.25, -0.2) is 4.39 Å². The highest BCUT2D eigenvalue weighted by atomic mass is 35.5. The summed E-state index contributed by atoms with van der Waals surface area (Å²) >= 11 is 12.6. The Bertz CT molecular complexity index is 835. The van der Waals surface area contributed by atoms with Crippen molar-refractivity contribution in [1.29, 1.82) is 0 Å². The van der Waals surface area contributed by atoms with Crippen molar-refractivity contribution in [2.45, 2.75) is 76.8 Å². The van der Waals surface area contributed by atoms with E-state index in [1.165, 1.54) is 12.1 Å². The normalized spacial score (nSPS) is 25.1. The number of halogens is 3. The summed E-state index contributed by atoms with van der Waals surface area (Å²) in [5.74, 6) is -1.01. The molecule has 30 heavy (non-hydrogen) atoms. The minimum atomic E-state index is -0.575. The second kappa shape index (κ2) is 8.66. The molecule has 1 saturated heterocycles. The Morgan fingerprint density at radius 1 is 1.20 bits per heavy atom. The van der Waals surface area contributed by atoms with E-state index in [-0.39, 0.29) is 45.3 Å². The lowest BCUT2D eigenvalue weighted by Gasteiger charge is -2.36. The third-order valence-corrected chi connectivity index (χ3v) is 8.21. The van der Waals surface area contributed by atoms with Crippen molar-refractivity contribution in [2.75, 3.05) is 6.54 Å². The maximum Gasteiger partial charge on any atom is 0.225 e. The first-order valence-electron chi connectivity index (χ1n) is 11.0. The number of benzene rings is 1. The van der Waals surface area contributed by atoms with Crippen molar-refractivity contribution in [1.82, 2.24) is 10.2 Å². The molecular weight excluding hydrogens is 426 g/mol. The van der Waals surface area contributed by atoms with Gasteiger partial charge in [-0.15, -0.1) is 0 Å². The molecule has 0 aromatic heterocycles. The fraction of sp³-hybridized carbons (Fsp3) is 0.652. The maximum atomic E-state index is 14.9. The van der Waals surface area contributed by atoms with Gasteiger partial charge in [0.25, 0.3) is 0 Å². The van der Waals surface area contributed by atoms with Crippen LogP contribution in [-0.4, -0.2) is 29.3 Å². The number of hydrogen-bond acceptors (Lipinski definition) is 2. The second-order valence-electron chi connectivity index (χ2n) is 9.45. The third kappa shape index (κ3) is 4.08. The molecule has 2 amide bonds. The van der Waals surface area contributed by atoms with Crippen LogP contribution in [0.5, 0.6) is 0 Å². The van der Waals surface area contributed by atoms with Gasteiger partial charge < -0.3 is 10.2 Å². The lowest BCUT2D eigenvalue weighted by molar-refractivity contribution is -0.130. The molecular formula is C23H29Cl2FN2O2. The highest BCUT2D eigenvalue weighted by molar-refractivity contribution is 6.42. The molecule has 2 aliphatic carbocycles. The number of nitrogens with zero attached hydrogens (tertiary/aromatic N) is 1. The van der Waals surface area contributed by atoms with Gasteiger partial charge >= 0.3 is 0 Å². The average molecular weight is 455 g/mol. The number of amides is 2. The first-order valence-corrected chi connectivity index (χ1v) is 11.8. The Labute approximate surface area is 187 Å². The van der Waals surface area contributed by atoms with Crippen LogP contribution < -0.4 is 5.32 Å². The van der Waals surface area contributed by atoms with Gasteiger partial charge in [-0.05, 0) is 43.2 Å². The molecule has 7 heteroatoms. The fourth-order valence-electron chi connectivity index (χ4n) is 5.61. The summed E-state index contributed by atoms with van der Waals surface area (Å²) < 4.78 is 14.9. The largest absolute Gasteiger partial charge is 0.348 e. The molecule has 3 aliphatic rings. The molecule has 1 heterocycles. The lowest BCUT2D eigenvalue weighted by Crippen LogP contribution is -2.43. The average Bonchev–Trinajstić information content (AvgIpc) is 3.45. The zero-order chi connectivity index (χ0) is 21.5. The number of hydrogen-bond donors (Lipinski definition) is 1. The van der Waals surface area contributed by atoms with Crippen molar-refractivity contribution in [3.05, 3.63) is 33.6 Å². The van der Waals surface area contributed by atoms with Crippen LogP contribution in [0.15, 0.2) is 12.1 Å².